The molecule has 2 rings (SSSR count). The fourth-order valence-electron chi connectivity index (χ4n) is 2.05. The normalized spacial score (nSPS) is 14.5. The Kier molecular flexibility index (Phi) is 5.15. The van der Waals surface area contributed by atoms with Crippen LogP contribution in [0.1, 0.15) is 33.4 Å². The molecule has 0 radical (unpaired) electrons. The molecule has 1 atom stereocenters. The molecule has 0 aromatic carbocycles. The molecule has 0 unspecified atom stereocenters. The summed E-state index contributed by atoms with van der Waals surface area (Å²) in [7, 11) is 1.50. The molecule has 3 N–H and O–H groups in total. The lowest BCUT2D eigenvalue weighted by Crippen LogP contribution is -2.45. The van der Waals surface area contributed by atoms with Gasteiger partial charge < -0.3 is 20.7 Å². The van der Waals surface area contributed by atoms with Gasteiger partial charge >= 0.3 is 12.1 Å². The Labute approximate surface area is 146 Å². The SMILES string of the molecule is C[C@@H](C(=O)Nc1ccc2c(n1)CNC(=O)N2)N(C)C(=O)OC(C)(C)C. The van der Waals surface area contributed by atoms with E-state index in [1.807, 2.05) is 0 Å². The number of amides is 4. The van der Waals surface area contributed by atoms with E-state index in [0.717, 1.165) is 0 Å². The van der Waals surface area contributed by atoms with Gasteiger partial charge in [0, 0.05) is 7.05 Å². The van der Waals surface area contributed by atoms with Gasteiger partial charge in [0.15, 0.2) is 0 Å². The number of pyridine rings is 1. The van der Waals surface area contributed by atoms with Gasteiger partial charge in [0.2, 0.25) is 5.91 Å². The summed E-state index contributed by atoms with van der Waals surface area (Å²) in [6.07, 6.45) is -0.583. The number of nitrogens with zero attached hydrogens (tertiary/aromatic N) is 2. The van der Waals surface area contributed by atoms with Crippen LogP contribution in [-0.4, -0.2) is 46.6 Å². The van der Waals surface area contributed by atoms with E-state index < -0.39 is 23.6 Å². The number of anilines is 2. The lowest BCUT2D eigenvalue weighted by atomic mass is 10.2. The highest BCUT2D eigenvalue weighted by Crippen LogP contribution is 2.19. The van der Waals surface area contributed by atoms with Gasteiger partial charge in [-0.2, -0.15) is 0 Å². The zero-order valence-corrected chi connectivity index (χ0v) is 15.0. The Balaban J connectivity index is 2.01. The van der Waals surface area contributed by atoms with Crippen LogP contribution in [0.15, 0.2) is 12.1 Å². The fraction of sp³-hybridized carbons (Fsp3) is 0.500. The van der Waals surface area contributed by atoms with Crippen molar-refractivity contribution in [1.82, 2.24) is 15.2 Å². The van der Waals surface area contributed by atoms with Crippen molar-refractivity contribution < 1.29 is 19.1 Å². The third-order valence-electron chi connectivity index (χ3n) is 3.53. The highest BCUT2D eigenvalue weighted by Gasteiger charge is 2.27. The van der Waals surface area contributed by atoms with E-state index in [0.29, 0.717) is 17.2 Å². The van der Waals surface area contributed by atoms with E-state index in [1.54, 1.807) is 39.8 Å². The fourth-order valence-corrected chi connectivity index (χ4v) is 2.05. The first kappa shape index (κ1) is 18.5. The highest BCUT2D eigenvalue weighted by atomic mass is 16.6. The number of hydrogen-bond donors (Lipinski definition) is 3. The minimum absolute atomic E-state index is 0.276. The summed E-state index contributed by atoms with van der Waals surface area (Å²) >= 11 is 0. The summed E-state index contributed by atoms with van der Waals surface area (Å²) < 4.78 is 5.25. The topological polar surface area (TPSA) is 113 Å². The van der Waals surface area contributed by atoms with E-state index in [2.05, 4.69) is 20.9 Å². The molecule has 0 saturated heterocycles. The second-order valence-electron chi connectivity index (χ2n) is 6.75. The van der Waals surface area contributed by atoms with Crippen LogP contribution in [0.5, 0.6) is 0 Å². The maximum Gasteiger partial charge on any atom is 0.410 e. The van der Waals surface area contributed by atoms with Crippen molar-refractivity contribution in [2.75, 3.05) is 17.7 Å². The zero-order chi connectivity index (χ0) is 18.8. The lowest BCUT2D eigenvalue weighted by Gasteiger charge is -2.28. The number of nitrogens with one attached hydrogen (secondary N) is 3. The predicted octanol–water partition coefficient (Wildman–Crippen LogP) is 1.91. The Hall–Kier alpha value is -2.84. The maximum atomic E-state index is 12.4. The van der Waals surface area contributed by atoms with Gasteiger partial charge in [-0.05, 0) is 39.8 Å². The number of likely N-dealkylation sites (N-methyl/N-ethyl adjacent to an activating group) is 1. The van der Waals surface area contributed by atoms with Gasteiger partial charge in [-0.1, -0.05) is 0 Å². The van der Waals surface area contributed by atoms with Crippen molar-refractivity contribution in [3.63, 3.8) is 0 Å². The molecule has 0 saturated carbocycles. The summed E-state index contributed by atoms with van der Waals surface area (Å²) in [4.78, 5) is 41.2. The molecule has 0 spiro atoms. The molecule has 9 nitrogen and oxygen atoms in total. The average molecular weight is 349 g/mol. The van der Waals surface area contributed by atoms with E-state index in [1.165, 1.54) is 11.9 Å². The molecule has 0 fully saturated rings. The molecule has 1 aromatic heterocycles. The summed E-state index contributed by atoms with van der Waals surface area (Å²) in [5, 5.41) is 7.89. The second kappa shape index (κ2) is 6.96. The maximum absolute atomic E-state index is 12.4. The monoisotopic (exact) mass is 349 g/mol. The standard InChI is InChI=1S/C16H23N5O4/c1-9(21(5)15(24)25-16(2,3)4)13(22)20-12-7-6-10-11(18-12)8-17-14(23)19-10/h6-7,9H,8H2,1-5H3,(H2,17,19,23)(H,18,20,22)/t9-/m0/s1. The number of ether oxygens (including phenoxy) is 1. The first-order chi connectivity index (χ1) is 11.6. The molecule has 1 aliphatic heterocycles. The Morgan fingerprint density at radius 3 is 2.68 bits per heavy atom. The number of hydrogen-bond acceptors (Lipinski definition) is 5. The first-order valence-corrected chi connectivity index (χ1v) is 7.88. The van der Waals surface area contributed by atoms with E-state index in [4.69, 9.17) is 4.74 Å². The van der Waals surface area contributed by atoms with Gasteiger partial charge in [-0.3, -0.25) is 9.69 Å². The van der Waals surface area contributed by atoms with Crippen molar-refractivity contribution in [3.8, 4) is 0 Å². The average Bonchev–Trinajstić information content (AvgIpc) is 2.51. The van der Waals surface area contributed by atoms with E-state index in [-0.39, 0.29) is 12.6 Å². The van der Waals surface area contributed by atoms with Crippen molar-refractivity contribution >= 4 is 29.5 Å². The minimum Gasteiger partial charge on any atom is -0.444 e. The number of fused-ring (bicyclic) bond motifs is 1. The highest BCUT2D eigenvalue weighted by molar-refractivity contribution is 5.96. The lowest BCUT2D eigenvalue weighted by molar-refractivity contribution is -0.120. The largest absolute Gasteiger partial charge is 0.444 e. The number of carbonyl (C=O) groups is 3. The van der Waals surface area contributed by atoms with Crippen LogP contribution in [0.4, 0.5) is 21.1 Å². The minimum atomic E-state index is -0.745. The smallest absolute Gasteiger partial charge is 0.410 e. The van der Waals surface area contributed by atoms with Crippen LogP contribution in [0, 0.1) is 0 Å². The second-order valence-corrected chi connectivity index (χ2v) is 6.75. The number of urea groups is 1. The van der Waals surface area contributed by atoms with Crippen LogP contribution >= 0.6 is 0 Å². The molecule has 0 aliphatic carbocycles. The van der Waals surface area contributed by atoms with E-state index in [9.17, 15) is 14.4 Å². The first-order valence-electron chi connectivity index (χ1n) is 7.88. The molecule has 9 heteroatoms. The Bertz CT molecular complexity index is 698. The molecule has 1 aromatic rings. The van der Waals surface area contributed by atoms with Crippen LogP contribution in [0.3, 0.4) is 0 Å². The van der Waals surface area contributed by atoms with Crippen molar-refractivity contribution in [3.05, 3.63) is 17.8 Å². The van der Waals surface area contributed by atoms with Gasteiger partial charge in [0.25, 0.3) is 0 Å². The summed E-state index contributed by atoms with van der Waals surface area (Å²) in [5.74, 6) is -0.0558. The molecule has 2 heterocycles. The molecular formula is C16H23N5O4. The van der Waals surface area contributed by atoms with Crippen LogP contribution in [0.25, 0.3) is 0 Å². The van der Waals surface area contributed by atoms with Crippen LogP contribution in [0.2, 0.25) is 0 Å². The van der Waals surface area contributed by atoms with Crippen molar-refractivity contribution in [2.24, 2.45) is 0 Å². The number of rotatable bonds is 3. The molecule has 25 heavy (non-hydrogen) atoms. The Morgan fingerprint density at radius 1 is 1.36 bits per heavy atom. The van der Waals surface area contributed by atoms with Crippen molar-refractivity contribution in [2.45, 2.75) is 45.9 Å². The molecule has 4 amide bonds. The van der Waals surface area contributed by atoms with Crippen LogP contribution in [-0.2, 0) is 16.1 Å². The number of aromatic nitrogens is 1. The van der Waals surface area contributed by atoms with E-state index >= 15 is 0 Å². The predicted molar refractivity (Wildman–Crippen MR) is 92.2 cm³/mol. The number of carbonyl (C=O) groups excluding carboxylic acids is 3. The van der Waals surface area contributed by atoms with Crippen molar-refractivity contribution in [1.29, 1.82) is 0 Å². The molecule has 136 valence electrons. The van der Waals surface area contributed by atoms with Gasteiger partial charge in [-0.25, -0.2) is 14.6 Å². The quantitative estimate of drug-likeness (QED) is 0.771. The zero-order valence-electron chi connectivity index (χ0n) is 15.0. The third-order valence-corrected chi connectivity index (χ3v) is 3.53. The van der Waals surface area contributed by atoms with Gasteiger partial charge in [0.1, 0.15) is 17.5 Å². The molecule has 0 bridgehead atoms. The summed E-state index contributed by atoms with van der Waals surface area (Å²) in [6, 6.07) is 2.21. The molecular weight excluding hydrogens is 326 g/mol. The third kappa shape index (κ3) is 4.82. The Morgan fingerprint density at radius 2 is 2.04 bits per heavy atom. The molecule has 1 aliphatic rings. The van der Waals surface area contributed by atoms with Crippen LogP contribution < -0.4 is 16.0 Å². The van der Waals surface area contributed by atoms with Gasteiger partial charge in [-0.15, -0.1) is 0 Å². The summed E-state index contributed by atoms with van der Waals surface area (Å²) in [6.45, 7) is 7.14. The summed E-state index contributed by atoms with van der Waals surface area (Å²) in [5.41, 5.74) is 0.574. The van der Waals surface area contributed by atoms with Gasteiger partial charge in [0.05, 0.1) is 17.9 Å².